The van der Waals surface area contributed by atoms with Crippen LogP contribution in [0.5, 0.6) is 0 Å². The minimum atomic E-state index is -2.53. The lowest BCUT2D eigenvalue weighted by Gasteiger charge is -2.23. The predicted molar refractivity (Wildman–Crippen MR) is 45.1 cm³/mol. The Kier molecular flexibility index (Phi) is 3.16. The molecule has 1 saturated carbocycles. The number of alkyl halides is 2. The zero-order chi connectivity index (χ0) is 8.32. The first-order valence-electron chi connectivity index (χ1n) is 4.13. The van der Waals surface area contributed by atoms with Crippen molar-refractivity contribution in [1.29, 1.82) is 0 Å². The summed E-state index contributed by atoms with van der Waals surface area (Å²) < 4.78 is 24.9. The predicted octanol–water partition coefficient (Wildman–Crippen LogP) is 3.67. The van der Waals surface area contributed by atoms with Gasteiger partial charge in [0.1, 0.15) is 0 Å². The van der Waals surface area contributed by atoms with Crippen molar-refractivity contribution in [3.05, 3.63) is 0 Å². The smallest absolute Gasteiger partial charge is 0.195 e. The Morgan fingerprint density at radius 3 is 2.18 bits per heavy atom. The molecular formula is C8H14F2S. The molecule has 3 heteroatoms. The molecule has 0 aromatic carbocycles. The van der Waals surface area contributed by atoms with E-state index >= 15 is 0 Å². The zero-order valence-corrected chi connectivity index (χ0v) is 7.59. The molecule has 1 aliphatic carbocycles. The highest BCUT2D eigenvalue weighted by Gasteiger charge is 2.28. The van der Waals surface area contributed by atoms with Crippen molar-refractivity contribution < 1.29 is 8.78 Å². The van der Waals surface area contributed by atoms with Crippen LogP contribution in [0.25, 0.3) is 0 Å². The highest BCUT2D eigenvalue weighted by molar-refractivity contribution is 8.00. The average molecular weight is 180 g/mol. The highest BCUT2D eigenvalue weighted by Crippen LogP contribution is 2.38. The monoisotopic (exact) mass is 180 g/mol. The van der Waals surface area contributed by atoms with Gasteiger partial charge in [-0.25, -0.2) is 0 Å². The molecule has 0 saturated heterocycles. The number of hydrogen-bond acceptors (Lipinski definition) is 1. The maximum atomic E-state index is 12.5. The summed E-state index contributed by atoms with van der Waals surface area (Å²) in [6, 6.07) is 0. The Balaban J connectivity index is 2.24. The van der Waals surface area contributed by atoms with Crippen molar-refractivity contribution in [1.82, 2.24) is 0 Å². The van der Waals surface area contributed by atoms with Crippen LogP contribution in [0.2, 0.25) is 0 Å². The fraction of sp³-hybridized carbons (Fsp3) is 1.00. The molecule has 1 rings (SSSR count). The minimum Gasteiger partial charge on any atom is -0.195 e. The van der Waals surface area contributed by atoms with Crippen LogP contribution >= 0.6 is 11.8 Å². The summed E-state index contributed by atoms with van der Waals surface area (Å²) >= 11 is 0.844. The molecule has 0 heterocycles. The number of thioether (sulfide) groups is 1. The molecule has 0 amide bonds. The van der Waals surface area contributed by atoms with Gasteiger partial charge in [-0.05, 0) is 12.8 Å². The Labute approximate surface area is 70.7 Å². The fourth-order valence-electron chi connectivity index (χ4n) is 1.48. The van der Waals surface area contributed by atoms with Crippen molar-refractivity contribution in [3.8, 4) is 0 Å². The van der Waals surface area contributed by atoms with Crippen LogP contribution < -0.4 is 0 Å². The van der Waals surface area contributed by atoms with E-state index in [-0.39, 0.29) is 5.25 Å². The summed E-state index contributed by atoms with van der Waals surface area (Å²) in [6.45, 7) is 0.992. The van der Waals surface area contributed by atoms with Crippen LogP contribution in [-0.2, 0) is 0 Å². The number of halogens is 2. The SMILES string of the molecule is CC(F)(F)SC1CCCCC1. The van der Waals surface area contributed by atoms with E-state index < -0.39 is 5.25 Å². The van der Waals surface area contributed by atoms with E-state index in [1.807, 2.05) is 0 Å². The molecule has 0 N–H and O–H groups in total. The lowest BCUT2D eigenvalue weighted by atomic mass is 10.0. The van der Waals surface area contributed by atoms with Crippen LogP contribution in [0, 0.1) is 0 Å². The van der Waals surface area contributed by atoms with Gasteiger partial charge in [-0.2, -0.15) is 8.78 Å². The first kappa shape index (κ1) is 9.30. The third-order valence-electron chi connectivity index (χ3n) is 1.93. The Hall–Kier alpha value is 0.210. The average Bonchev–Trinajstić information content (AvgIpc) is 1.85. The van der Waals surface area contributed by atoms with Gasteiger partial charge in [0.25, 0.3) is 5.25 Å². The molecule has 66 valence electrons. The van der Waals surface area contributed by atoms with Gasteiger partial charge in [-0.15, -0.1) is 0 Å². The maximum absolute atomic E-state index is 12.5. The largest absolute Gasteiger partial charge is 0.291 e. The number of hydrogen-bond donors (Lipinski definition) is 0. The van der Waals surface area contributed by atoms with Gasteiger partial charge in [0.05, 0.1) is 0 Å². The first-order chi connectivity index (χ1) is 5.08. The first-order valence-corrected chi connectivity index (χ1v) is 5.01. The minimum absolute atomic E-state index is 0.212. The molecule has 0 radical (unpaired) electrons. The van der Waals surface area contributed by atoms with E-state index in [9.17, 15) is 8.78 Å². The molecule has 0 aromatic rings. The normalized spacial score (nSPS) is 22.1. The molecule has 0 atom stereocenters. The maximum Gasteiger partial charge on any atom is 0.291 e. The topological polar surface area (TPSA) is 0 Å². The van der Waals surface area contributed by atoms with Crippen molar-refractivity contribution >= 4 is 11.8 Å². The van der Waals surface area contributed by atoms with Crippen molar-refractivity contribution in [2.75, 3.05) is 0 Å². The van der Waals surface area contributed by atoms with Crippen molar-refractivity contribution in [3.63, 3.8) is 0 Å². The molecule has 11 heavy (non-hydrogen) atoms. The molecule has 0 unspecified atom stereocenters. The molecule has 0 nitrogen and oxygen atoms in total. The van der Waals surface area contributed by atoms with Gasteiger partial charge >= 0.3 is 0 Å². The van der Waals surface area contributed by atoms with E-state index in [1.165, 1.54) is 6.42 Å². The van der Waals surface area contributed by atoms with Gasteiger partial charge < -0.3 is 0 Å². The van der Waals surface area contributed by atoms with Gasteiger partial charge in [-0.1, -0.05) is 31.0 Å². The third-order valence-corrected chi connectivity index (χ3v) is 3.14. The Morgan fingerprint density at radius 1 is 1.18 bits per heavy atom. The van der Waals surface area contributed by atoms with Crippen molar-refractivity contribution in [2.45, 2.75) is 49.5 Å². The van der Waals surface area contributed by atoms with Crippen LogP contribution in [0.15, 0.2) is 0 Å². The molecule has 0 spiro atoms. The molecule has 1 aliphatic rings. The molecule has 0 bridgehead atoms. The van der Waals surface area contributed by atoms with Gasteiger partial charge in [0.15, 0.2) is 0 Å². The van der Waals surface area contributed by atoms with E-state index in [4.69, 9.17) is 0 Å². The second-order valence-corrected chi connectivity index (χ2v) is 4.80. The quantitative estimate of drug-likeness (QED) is 0.625. The van der Waals surface area contributed by atoms with Crippen LogP contribution in [-0.4, -0.2) is 10.5 Å². The summed E-state index contributed by atoms with van der Waals surface area (Å²) in [5.41, 5.74) is 0. The zero-order valence-electron chi connectivity index (χ0n) is 6.78. The second kappa shape index (κ2) is 3.74. The van der Waals surface area contributed by atoms with Crippen LogP contribution in [0.1, 0.15) is 39.0 Å². The van der Waals surface area contributed by atoms with E-state index in [1.54, 1.807) is 0 Å². The van der Waals surface area contributed by atoms with E-state index in [2.05, 4.69) is 0 Å². The van der Waals surface area contributed by atoms with Gasteiger partial charge in [0, 0.05) is 12.2 Å². The third kappa shape index (κ3) is 3.94. The summed E-state index contributed by atoms with van der Waals surface area (Å²) in [5, 5.41) is -2.31. The number of rotatable bonds is 2. The summed E-state index contributed by atoms with van der Waals surface area (Å²) in [4.78, 5) is 0. The van der Waals surface area contributed by atoms with Crippen LogP contribution in [0.3, 0.4) is 0 Å². The summed E-state index contributed by atoms with van der Waals surface area (Å²) in [5.74, 6) is 0. The van der Waals surface area contributed by atoms with E-state index in [0.717, 1.165) is 44.4 Å². The summed E-state index contributed by atoms with van der Waals surface area (Å²) in [6.07, 6.45) is 5.45. The van der Waals surface area contributed by atoms with Crippen molar-refractivity contribution in [2.24, 2.45) is 0 Å². The van der Waals surface area contributed by atoms with Gasteiger partial charge in [0.2, 0.25) is 0 Å². The fourth-order valence-corrected chi connectivity index (χ4v) is 2.63. The molecule has 0 aromatic heterocycles. The Bertz CT molecular complexity index is 114. The molecular weight excluding hydrogens is 166 g/mol. The lowest BCUT2D eigenvalue weighted by molar-refractivity contribution is 0.127. The van der Waals surface area contributed by atoms with Gasteiger partial charge in [-0.3, -0.25) is 0 Å². The standard InChI is InChI=1S/C8H14F2S/c1-8(9,10)11-7-5-3-2-4-6-7/h7H,2-6H2,1H3. The van der Waals surface area contributed by atoms with Crippen LogP contribution in [0.4, 0.5) is 8.78 Å². The highest BCUT2D eigenvalue weighted by atomic mass is 32.2. The summed E-state index contributed by atoms with van der Waals surface area (Å²) in [7, 11) is 0. The van der Waals surface area contributed by atoms with E-state index in [0.29, 0.717) is 0 Å². The Morgan fingerprint density at radius 2 is 1.73 bits per heavy atom. The second-order valence-electron chi connectivity index (χ2n) is 3.19. The molecule has 0 aliphatic heterocycles. The lowest BCUT2D eigenvalue weighted by Crippen LogP contribution is -2.15. The molecule has 1 fully saturated rings.